The average Bonchev–Trinajstić information content (AvgIpc) is 3.03. The molecular formula is C17H16F3N3O4. The molecule has 0 bridgehead atoms. The van der Waals surface area contributed by atoms with Crippen molar-refractivity contribution in [2.75, 3.05) is 19.8 Å². The van der Waals surface area contributed by atoms with Crippen molar-refractivity contribution in [1.29, 1.82) is 0 Å². The molecule has 3 heterocycles. The SMILES string of the molecule is O=C(O)c1cc(C(F)(F)F)c2c(n1)CCc1cn(C[C@H]3COCCO3)nc1-2. The summed E-state index contributed by atoms with van der Waals surface area (Å²) in [5, 5.41) is 13.4. The molecule has 2 aromatic heterocycles. The lowest BCUT2D eigenvalue weighted by Gasteiger charge is -2.22. The topological polar surface area (TPSA) is 86.5 Å². The zero-order chi connectivity index (χ0) is 19.2. The Labute approximate surface area is 151 Å². The molecule has 4 rings (SSSR count). The molecule has 1 fully saturated rings. The number of aromatic carboxylic acids is 1. The van der Waals surface area contributed by atoms with Gasteiger partial charge in [-0.05, 0) is 24.5 Å². The van der Waals surface area contributed by atoms with Gasteiger partial charge in [0.1, 0.15) is 11.8 Å². The monoisotopic (exact) mass is 383 g/mol. The fourth-order valence-electron chi connectivity index (χ4n) is 3.43. The summed E-state index contributed by atoms with van der Waals surface area (Å²) in [6.07, 6.45) is -2.55. The van der Waals surface area contributed by atoms with Gasteiger partial charge in [0.15, 0.2) is 0 Å². The molecule has 0 aromatic carbocycles. The van der Waals surface area contributed by atoms with Crippen LogP contribution in [0.1, 0.15) is 27.3 Å². The number of nitrogens with zero attached hydrogens (tertiary/aromatic N) is 3. The van der Waals surface area contributed by atoms with Crippen LogP contribution < -0.4 is 0 Å². The molecule has 7 nitrogen and oxygen atoms in total. The van der Waals surface area contributed by atoms with Crippen LogP contribution in [0.25, 0.3) is 11.3 Å². The zero-order valence-corrected chi connectivity index (χ0v) is 14.1. The van der Waals surface area contributed by atoms with Gasteiger partial charge in [-0.2, -0.15) is 18.3 Å². The van der Waals surface area contributed by atoms with Crippen molar-refractivity contribution in [1.82, 2.24) is 14.8 Å². The van der Waals surface area contributed by atoms with Crippen LogP contribution in [0.5, 0.6) is 0 Å². The maximum absolute atomic E-state index is 13.6. The van der Waals surface area contributed by atoms with Gasteiger partial charge in [0.25, 0.3) is 0 Å². The first kappa shape index (κ1) is 17.9. The van der Waals surface area contributed by atoms with E-state index in [1.807, 2.05) is 0 Å². The highest BCUT2D eigenvalue weighted by molar-refractivity contribution is 5.87. The maximum Gasteiger partial charge on any atom is 0.417 e. The summed E-state index contributed by atoms with van der Waals surface area (Å²) in [6, 6.07) is 0.577. The van der Waals surface area contributed by atoms with E-state index >= 15 is 0 Å². The normalized spacial score (nSPS) is 19.4. The molecule has 10 heteroatoms. The molecule has 0 amide bonds. The van der Waals surface area contributed by atoms with E-state index < -0.39 is 23.4 Å². The second kappa shape index (κ2) is 6.61. The smallest absolute Gasteiger partial charge is 0.417 e. The van der Waals surface area contributed by atoms with Gasteiger partial charge in [-0.25, -0.2) is 9.78 Å². The molecule has 0 radical (unpaired) electrons. The standard InChI is InChI=1S/C17H16F3N3O4/c18-17(19,20)11-5-13(16(24)25)21-12-2-1-9-6-23(22-15(9)14(11)12)7-10-8-26-3-4-27-10/h5-6,10H,1-4,7-8H2,(H,24,25)/t10-/m0/s1. The van der Waals surface area contributed by atoms with E-state index in [1.165, 1.54) is 0 Å². The Morgan fingerprint density at radius 1 is 1.33 bits per heavy atom. The van der Waals surface area contributed by atoms with E-state index in [0.717, 1.165) is 0 Å². The van der Waals surface area contributed by atoms with Gasteiger partial charge in [-0.3, -0.25) is 4.68 Å². The lowest BCUT2D eigenvalue weighted by atomic mass is 9.90. The second-order valence-corrected chi connectivity index (χ2v) is 6.47. The van der Waals surface area contributed by atoms with E-state index in [4.69, 9.17) is 14.6 Å². The number of hydrogen-bond acceptors (Lipinski definition) is 5. The molecular weight excluding hydrogens is 367 g/mol. The van der Waals surface area contributed by atoms with E-state index in [2.05, 4.69) is 10.1 Å². The molecule has 1 N–H and O–H groups in total. The van der Waals surface area contributed by atoms with Crippen molar-refractivity contribution >= 4 is 5.97 Å². The van der Waals surface area contributed by atoms with E-state index in [9.17, 15) is 18.0 Å². The van der Waals surface area contributed by atoms with Gasteiger partial charge in [0, 0.05) is 11.8 Å². The third-order valence-corrected chi connectivity index (χ3v) is 4.60. The Morgan fingerprint density at radius 2 is 2.15 bits per heavy atom. The summed E-state index contributed by atoms with van der Waals surface area (Å²) in [7, 11) is 0. The minimum Gasteiger partial charge on any atom is -0.477 e. The highest BCUT2D eigenvalue weighted by Crippen LogP contribution is 2.42. The Morgan fingerprint density at radius 3 is 2.81 bits per heavy atom. The predicted octanol–water partition coefficient (Wildman–Crippen LogP) is 2.18. The summed E-state index contributed by atoms with van der Waals surface area (Å²) in [4.78, 5) is 15.1. The van der Waals surface area contributed by atoms with Gasteiger partial charge >= 0.3 is 12.1 Å². The van der Waals surface area contributed by atoms with Crippen molar-refractivity contribution in [3.63, 3.8) is 0 Å². The molecule has 2 aliphatic rings. The minimum atomic E-state index is -4.71. The number of carbonyl (C=O) groups is 1. The van der Waals surface area contributed by atoms with Crippen molar-refractivity contribution in [2.24, 2.45) is 0 Å². The number of hydrogen-bond donors (Lipinski definition) is 1. The Bertz CT molecular complexity index is 888. The molecule has 144 valence electrons. The number of pyridine rings is 1. The van der Waals surface area contributed by atoms with Crippen LogP contribution in [0, 0.1) is 0 Å². The lowest BCUT2D eigenvalue weighted by Crippen LogP contribution is -2.32. The van der Waals surface area contributed by atoms with Gasteiger partial charge in [0.05, 0.1) is 43.3 Å². The maximum atomic E-state index is 13.6. The van der Waals surface area contributed by atoms with Crippen molar-refractivity contribution < 1.29 is 32.5 Å². The first-order valence-electron chi connectivity index (χ1n) is 8.43. The third kappa shape index (κ3) is 3.42. The van der Waals surface area contributed by atoms with Crippen molar-refractivity contribution in [3.05, 3.63) is 34.8 Å². The average molecular weight is 383 g/mol. The van der Waals surface area contributed by atoms with Gasteiger partial charge in [0.2, 0.25) is 0 Å². The molecule has 0 unspecified atom stereocenters. The summed E-state index contributed by atoms with van der Waals surface area (Å²) < 4.78 is 53.3. The summed E-state index contributed by atoms with van der Waals surface area (Å²) in [5.41, 5.74) is -0.782. The fraction of sp³-hybridized carbons (Fsp3) is 0.471. The summed E-state index contributed by atoms with van der Waals surface area (Å²) in [6.45, 7) is 1.75. The lowest BCUT2D eigenvalue weighted by molar-refractivity contribution is -0.137. The van der Waals surface area contributed by atoms with Gasteiger partial charge < -0.3 is 14.6 Å². The van der Waals surface area contributed by atoms with Crippen LogP contribution >= 0.6 is 0 Å². The minimum absolute atomic E-state index is 0.109. The zero-order valence-electron chi connectivity index (χ0n) is 14.1. The van der Waals surface area contributed by atoms with Crippen LogP contribution in [-0.2, 0) is 35.0 Å². The number of halogens is 3. The Kier molecular flexibility index (Phi) is 4.39. The van der Waals surface area contributed by atoms with E-state index in [1.54, 1.807) is 10.9 Å². The number of aryl methyl sites for hydroxylation is 2. The molecule has 1 aliphatic carbocycles. The number of carboxylic acids is 1. The number of fused-ring (bicyclic) bond motifs is 3. The molecule has 27 heavy (non-hydrogen) atoms. The van der Waals surface area contributed by atoms with Crippen LogP contribution in [0.4, 0.5) is 13.2 Å². The molecule has 0 saturated carbocycles. The first-order chi connectivity index (χ1) is 12.8. The van der Waals surface area contributed by atoms with Gasteiger partial charge in [-0.15, -0.1) is 0 Å². The number of alkyl halides is 3. The fourth-order valence-corrected chi connectivity index (χ4v) is 3.43. The highest BCUT2D eigenvalue weighted by atomic mass is 19.4. The first-order valence-corrected chi connectivity index (χ1v) is 8.43. The third-order valence-electron chi connectivity index (χ3n) is 4.60. The number of aromatic nitrogens is 3. The van der Waals surface area contributed by atoms with E-state index in [-0.39, 0.29) is 29.5 Å². The van der Waals surface area contributed by atoms with Gasteiger partial charge in [-0.1, -0.05) is 0 Å². The number of rotatable bonds is 3. The predicted molar refractivity (Wildman–Crippen MR) is 85.4 cm³/mol. The summed E-state index contributed by atoms with van der Waals surface area (Å²) in [5.74, 6) is -1.49. The Hall–Kier alpha value is -2.46. The molecule has 1 saturated heterocycles. The molecule has 2 aromatic rings. The number of carboxylic acid groups (broad SMARTS) is 1. The van der Waals surface area contributed by atoms with E-state index in [0.29, 0.717) is 44.4 Å². The van der Waals surface area contributed by atoms with Crippen molar-refractivity contribution in [3.8, 4) is 11.3 Å². The van der Waals surface area contributed by atoms with Crippen LogP contribution in [0.15, 0.2) is 12.3 Å². The largest absolute Gasteiger partial charge is 0.477 e. The van der Waals surface area contributed by atoms with Crippen LogP contribution in [-0.4, -0.2) is 51.8 Å². The second-order valence-electron chi connectivity index (χ2n) is 6.47. The Balaban J connectivity index is 1.76. The number of ether oxygens (including phenoxy) is 2. The van der Waals surface area contributed by atoms with Crippen LogP contribution in [0.3, 0.4) is 0 Å². The molecule has 1 atom stereocenters. The molecule has 0 spiro atoms. The van der Waals surface area contributed by atoms with Crippen molar-refractivity contribution in [2.45, 2.75) is 31.7 Å². The summed E-state index contributed by atoms with van der Waals surface area (Å²) >= 11 is 0. The molecule has 1 aliphatic heterocycles. The highest BCUT2D eigenvalue weighted by Gasteiger charge is 2.39. The van der Waals surface area contributed by atoms with Crippen LogP contribution in [0.2, 0.25) is 0 Å². The quantitative estimate of drug-likeness (QED) is 0.874.